The second kappa shape index (κ2) is 11.3. The van der Waals surface area contributed by atoms with Crippen molar-refractivity contribution < 1.29 is 24.0 Å². The highest BCUT2D eigenvalue weighted by molar-refractivity contribution is 8.04. The molecule has 0 aliphatic carbocycles. The molecular weight excluding hydrogens is 416 g/mol. The van der Waals surface area contributed by atoms with Crippen LogP contribution in [0.5, 0.6) is 0 Å². The lowest BCUT2D eigenvalue weighted by Crippen LogP contribution is -2.31. The summed E-state index contributed by atoms with van der Waals surface area (Å²) in [7, 11) is -3.33. The van der Waals surface area contributed by atoms with Crippen LogP contribution in [0.2, 0.25) is 5.02 Å². The molecule has 0 aliphatic heterocycles. The van der Waals surface area contributed by atoms with E-state index in [0.29, 0.717) is 28.8 Å². The van der Waals surface area contributed by atoms with E-state index in [4.69, 9.17) is 21.4 Å². The van der Waals surface area contributed by atoms with E-state index in [1.165, 1.54) is 0 Å². The second-order valence-corrected chi connectivity index (χ2v) is 9.29. The number of anilines is 1. The molecule has 2 rings (SSSR count). The molecule has 1 atom stereocenters. The first-order valence-electron chi connectivity index (χ1n) is 9.21. The first-order valence-corrected chi connectivity index (χ1v) is 11.5. The van der Waals surface area contributed by atoms with Crippen LogP contribution in [0.25, 0.3) is 0 Å². The Labute approximate surface area is 176 Å². The summed E-state index contributed by atoms with van der Waals surface area (Å²) in [6, 6.07) is 13.6. The number of ether oxygens (including phenoxy) is 1. The second-order valence-electron chi connectivity index (χ2n) is 6.42. The number of carbonyl (C=O) groups is 1. The van der Waals surface area contributed by atoms with Gasteiger partial charge in [0.25, 0.3) is 0 Å². The van der Waals surface area contributed by atoms with Crippen LogP contribution < -0.4 is 10.0 Å². The summed E-state index contributed by atoms with van der Waals surface area (Å²) >= 11 is 6.14. The number of thiol groups is 1. The standard InChI is InChI=1S/C20H27ClN2O5S/c1-15(20(26)22-10-12-28-13-11-24)16-6-8-17(9-7-16)23-29(27,14-25)19-5-3-2-4-18(19)21/h2-9,15,24-25,29H,10-14H2,1H3,(H,22,26)(H,23,27)/t15-/m1/s1. The maximum Gasteiger partial charge on any atom is 0.227 e. The van der Waals surface area contributed by atoms with Crippen LogP contribution >= 0.6 is 11.6 Å². The van der Waals surface area contributed by atoms with E-state index < -0.39 is 16.1 Å². The largest absolute Gasteiger partial charge is 0.394 e. The monoisotopic (exact) mass is 442 g/mol. The lowest BCUT2D eigenvalue weighted by atomic mass is 10.0. The molecule has 0 fully saturated rings. The number of hydrogen-bond acceptors (Lipinski definition) is 5. The normalized spacial score (nSPS) is 13.0. The zero-order valence-electron chi connectivity index (χ0n) is 16.2. The SMILES string of the molecule is C[C@@H](C(=O)NCCOCCO)c1ccc(N[SH](=O)(CO)c2ccccc2Cl)cc1. The van der Waals surface area contributed by atoms with Crippen molar-refractivity contribution in [3.8, 4) is 0 Å². The molecule has 0 heterocycles. The molecule has 0 saturated carbocycles. The number of aliphatic hydroxyl groups is 2. The summed E-state index contributed by atoms with van der Waals surface area (Å²) in [5.74, 6) is -1.10. The Morgan fingerprint density at radius 3 is 2.45 bits per heavy atom. The van der Waals surface area contributed by atoms with E-state index in [-0.39, 0.29) is 25.0 Å². The number of rotatable bonds is 11. The van der Waals surface area contributed by atoms with Crippen LogP contribution in [0.15, 0.2) is 53.4 Å². The molecule has 29 heavy (non-hydrogen) atoms. The minimum Gasteiger partial charge on any atom is -0.394 e. The summed E-state index contributed by atoms with van der Waals surface area (Å²) in [5.41, 5.74) is 1.34. The molecular formula is C20H27ClN2O5S. The van der Waals surface area contributed by atoms with Gasteiger partial charge in [-0.25, -0.2) is 0 Å². The molecule has 9 heteroatoms. The van der Waals surface area contributed by atoms with Crippen molar-refractivity contribution in [1.82, 2.24) is 5.32 Å². The summed E-state index contributed by atoms with van der Waals surface area (Å²) in [6.07, 6.45) is 0. The third-order valence-corrected chi connectivity index (χ3v) is 6.98. The topological polar surface area (TPSA) is 108 Å². The van der Waals surface area contributed by atoms with Crippen LogP contribution in [-0.4, -0.2) is 52.6 Å². The average molecular weight is 443 g/mol. The van der Waals surface area contributed by atoms with Crippen molar-refractivity contribution >= 4 is 33.3 Å². The molecule has 0 saturated heterocycles. The number of benzene rings is 2. The van der Waals surface area contributed by atoms with E-state index in [2.05, 4.69) is 10.0 Å². The first-order chi connectivity index (χ1) is 13.9. The Balaban J connectivity index is 2.01. The van der Waals surface area contributed by atoms with E-state index >= 15 is 0 Å². The Hall–Kier alpha value is -1.97. The summed E-state index contributed by atoms with van der Waals surface area (Å²) in [4.78, 5) is 12.6. The van der Waals surface area contributed by atoms with Gasteiger partial charge in [0, 0.05) is 22.4 Å². The quantitative estimate of drug-likeness (QED) is 0.270. The lowest BCUT2D eigenvalue weighted by molar-refractivity contribution is -0.122. The highest BCUT2D eigenvalue weighted by Crippen LogP contribution is 2.29. The van der Waals surface area contributed by atoms with E-state index in [0.717, 1.165) is 5.56 Å². The Morgan fingerprint density at radius 1 is 1.14 bits per heavy atom. The van der Waals surface area contributed by atoms with Gasteiger partial charge in [-0.1, -0.05) is 35.9 Å². The summed E-state index contributed by atoms with van der Waals surface area (Å²) in [5, 5.41) is 21.5. The predicted molar refractivity (Wildman–Crippen MR) is 116 cm³/mol. The fraction of sp³-hybridized carbons (Fsp3) is 0.350. The smallest absolute Gasteiger partial charge is 0.227 e. The van der Waals surface area contributed by atoms with Gasteiger partial charge in [0.1, 0.15) is 5.94 Å². The zero-order valence-corrected chi connectivity index (χ0v) is 17.8. The fourth-order valence-corrected chi connectivity index (χ4v) is 4.89. The van der Waals surface area contributed by atoms with Crippen molar-refractivity contribution in [2.24, 2.45) is 0 Å². The third-order valence-electron chi connectivity index (χ3n) is 4.34. The number of hydrogen-bond donors (Lipinski definition) is 5. The minimum absolute atomic E-state index is 0.0512. The fourth-order valence-electron chi connectivity index (χ4n) is 2.69. The maximum absolute atomic E-state index is 13.2. The molecule has 2 aromatic rings. The van der Waals surface area contributed by atoms with Gasteiger partial charge >= 0.3 is 0 Å². The molecule has 0 aliphatic rings. The van der Waals surface area contributed by atoms with Crippen molar-refractivity contribution in [3.05, 3.63) is 59.1 Å². The van der Waals surface area contributed by atoms with E-state index in [9.17, 15) is 14.1 Å². The Kier molecular flexibility index (Phi) is 9.06. The van der Waals surface area contributed by atoms with Gasteiger partial charge in [-0.05, 0) is 36.8 Å². The molecule has 2 aromatic carbocycles. The van der Waals surface area contributed by atoms with Gasteiger partial charge in [-0.2, -0.15) is 0 Å². The van der Waals surface area contributed by atoms with E-state index in [1.54, 1.807) is 55.5 Å². The summed E-state index contributed by atoms with van der Waals surface area (Å²) < 4.78 is 21.2. The molecule has 0 aromatic heterocycles. The molecule has 0 radical (unpaired) electrons. The number of amides is 1. The van der Waals surface area contributed by atoms with Crippen LogP contribution in [0.4, 0.5) is 5.69 Å². The van der Waals surface area contributed by atoms with Crippen molar-refractivity contribution in [2.75, 3.05) is 37.0 Å². The van der Waals surface area contributed by atoms with Crippen LogP contribution in [-0.2, 0) is 19.7 Å². The predicted octanol–water partition coefficient (Wildman–Crippen LogP) is 1.92. The molecule has 0 bridgehead atoms. The lowest BCUT2D eigenvalue weighted by Gasteiger charge is -2.25. The van der Waals surface area contributed by atoms with Crippen molar-refractivity contribution in [3.63, 3.8) is 0 Å². The third kappa shape index (κ3) is 6.52. The van der Waals surface area contributed by atoms with Gasteiger partial charge in [-0.3, -0.25) is 9.00 Å². The number of halogens is 1. The van der Waals surface area contributed by atoms with Crippen LogP contribution in [0.1, 0.15) is 18.4 Å². The van der Waals surface area contributed by atoms with Gasteiger partial charge in [0.15, 0.2) is 0 Å². The highest BCUT2D eigenvalue weighted by Gasteiger charge is 2.20. The first kappa shape index (κ1) is 23.3. The van der Waals surface area contributed by atoms with Gasteiger partial charge in [0.05, 0.1) is 35.7 Å². The average Bonchev–Trinajstić information content (AvgIpc) is 2.73. The van der Waals surface area contributed by atoms with Crippen LogP contribution in [0.3, 0.4) is 0 Å². The van der Waals surface area contributed by atoms with Gasteiger partial charge in [-0.15, -0.1) is 0 Å². The number of aliphatic hydroxyl groups excluding tert-OH is 2. The van der Waals surface area contributed by atoms with Crippen molar-refractivity contribution in [1.29, 1.82) is 0 Å². The number of nitrogens with one attached hydrogen (secondary N) is 2. The molecule has 4 N–H and O–H groups in total. The zero-order chi connectivity index (χ0) is 21.3. The molecule has 160 valence electrons. The molecule has 1 amide bonds. The molecule has 0 spiro atoms. The number of carbonyl (C=O) groups excluding carboxylic acids is 1. The summed E-state index contributed by atoms with van der Waals surface area (Å²) in [6.45, 7) is 2.67. The maximum atomic E-state index is 13.2. The van der Waals surface area contributed by atoms with E-state index in [1.807, 2.05) is 0 Å². The van der Waals surface area contributed by atoms with Gasteiger partial charge < -0.3 is 25.0 Å². The molecule has 0 unspecified atom stereocenters. The Morgan fingerprint density at radius 2 is 1.83 bits per heavy atom. The molecule has 7 nitrogen and oxygen atoms in total. The minimum atomic E-state index is -3.33. The van der Waals surface area contributed by atoms with Gasteiger partial charge in [0.2, 0.25) is 5.91 Å². The van der Waals surface area contributed by atoms with Crippen molar-refractivity contribution in [2.45, 2.75) is 17.7 Å². The Bertz CT molecular complexity index is 847. The highest BCUT2D eigenvalue weighted by atomic mass is 35.5. The van der Waals surface area contributed by atoms with Crippen LogP contribution in [0, 0.1) is 0 Å².